The number of nitrogens with two attached hydrogens (primary N) is 1. The first kappa shape index (κ1) is 27.7. The highest BCUT2D eigenvalue weighted by Crippen LogP contribution is 2.37. The zero-order chi connectivity index (χ0) is 28.0. The summed E-state index contributed by atoms with van der Waals surface area (Å²) >= 11 is 5.99. The molecule has 0 spiro atoms. The molecule has 2 amide bonds. The van der Waals surface area contributed by atoms with Crippen LogP contribution >= 0.6 is 11.6 Å². The highest BCUT2D eigenvalue weighted by Gasteiger charge is 2.40. The van der Waals surface area contributed by atoms with E-state index in [1.807, 2.05) is 20.8 Å². The Morgan fingerprint density at radius 1 is 1.26 bits per heavy atom. The van der Waals surface area contributed by atoms with Gasteiger partial charge in [-0.2, -0.15) is 0 Å². The first-order chi connectivity index (χ1) is 17.7. The normalized spacial score (nSPS) is 18.0. The van der Waals surface area contributed by atoms with Crippen LogP contribution in [0.1, 0.15) is 39.1 Å². The van der Waals surface area contributed by atoms with Gasteiger partial charge in [0.05, 0.1) is 34.5 Å². The van der Waals surface area contributed by atoms with Crippen molar-refractivity contribution in [2.75, 3.05) is 10.7 Å². The van der Waals surface area contributed by atoms with Crippen molar-refractivity contribution in [3.05, 3.63) is 58.7 Å². The number of carbonyl (C=O) groups excluding carboxylic acids is 2. The number of benzene rings is 2. The summed E-state index contributed by atoms with van der Waals surface area (Å²) in [5.41, 5.74) is 5.47. The summed E-state index contributed by atoms with van der Waals surface area (Å²) in [5, 5.41) is 10.8. The topological polar surface area (TPSA) is 148 Å². The van der Waals surface area contributed by atoms with Crippen molar-refractivity contribution in [1.29, 1.82) is 0 Å². The third-order valence-corrected chi connectivity index (χ3v) is 7.93. The summed E-state index contributed by atoms with van der Waals surface area (Å²) in [5.74, 6) is -3.03. The first-order valence-electron chi connectivity index (χ1n) is 11.7. The minimum atomic E-state index is -4.25. The summed E-state index contributed by atoms with van der Waals surface area (Å²) < 4.78 is 47.8. The number of anilines is 1. The molecule has 1 aliphatic rings. The molecule has 2 aromatic carbocycles. The Morgan fingerprint density at radius 3 is 2.50 bits per heavy atom. The number of nitrogens with one attached hydrogen (secondary N) is 1. The molecule has 0 aliphatic carbocycles. The number of rotatable bonds is 5. The Morgan fingerprint density at radius 2 is 1.92 bits per heavy atom. The highest BCUT2D eigenvalue weighted by atomic mass is 35.5. The Kier molecular flexibility index (Phi) is 7.34. The lowest BCUT2D eigenvalue weighted by atomic mass is 9.97. The highest BCUT2D eigenvalue weighted by molar-refractivity contribution is 7.91. The van der Waals surface area contributed by atoms with E-state index in [9.17, 15) is 18.0 Å². The lowest BCUT2D eigenvalue weighted by Crippen LogP contribution is -2.53. The number of hydrogen-bond donors (Lipinski definition) is 2. The van der Waals surface area contributed by atoms with Gasteiger partial charge in [0.25, 0.3) is 11.8 Å². The molecule has 3 N–H and O–H groups in total. The van der Waals surface area contributed by atoms with E-state index in [1.165, 1.54) is 17.9 Å². The molecule has 3 aromatic rings. The van der Waals surface area contributed by atoms with Crippen molar-refractivity contribution in [1.82, 2.24) is 15.5 Å². The average molecular weight is 564 g/mol. The van der Waals surface area contributed by atoms with Crippen LogP contribution in [-0.2, 0) is 31.4 Å². The Bertz CT molecular complexity index is 1500. The summed E-state index contributed by atoms with van der Waals surface area (Å²) in [6.45, 7) is 6.84. The third kappa shape index (κ3) is 5.57. The van der Waals surface area contributed by atoms with E-state index < -0.39 is 55.6 Å². The Balaban J connectivity index is 1.89. The fourth-order valence-electron chi connectivity index (χ4n) is 3.83. The maximum absolute atomic E-state index is 15.4. The Labute approximate surface area is 224 Å². The van der Waals surface area contributed by atoms with E-state index in [2.05, 4.69) is 15.5 Å². The van der Waals surface area contributed by atoms with Gasteiger partial charge in [0.1, 0.15) is 11.9 Å². The lowest BCUT2D eigenvalue weighted by Gasteiger charge is -2.26. The van der Waals surface area contributed by atoms with Crippen molar-refractivity contribution < 1.29 is 26.8 Å². The van der Waals surface area contributed by atoms with Crippen LogP contribution in [0.15, 0.2) is 45.7 Å². The van der Waals surface area contributed by atoms with E-state index in [4.69, 9.17) is 21.8 Å². The molecule has 2 heterocycles. The minimum Gasteiger partial charge on any atom is -0.420 e. The summed E-state index contributed by atoms with van der Waals surface area (Å²) in [7, 11) is -4.25. The second kappa shape index (κ2) is 10.1. The molecular formula is C25H27ClFN5O5S. The minimum absolute atomic E-state index is 0.0885. The van der Waals surface area contributed by atoms with Gasteiger partial charge in [-0.1, -0.05) is 44.5 Å². The number of carbonyl (C=O) groups is 2. The van der Waals surface area contributed by atoms with Crippen molar-refractivity contribution in [3.63, 3.8) is 0 Å². The van der Waals surface area contributed by atoms with Crippen LogP contribution in [0.4, 0.5) is 10.1 Å². The fraction of sp³-hybridized carbons (Fsp3) is 0.360. The van der Waals surface area contributed by atoms with Crippen molar-refractivity contribution in [3.8, 4) is 11.5 Å². The van der Waals surface area contributed by atoms with Crippen LogP contribution in [-0.4, -0.2) is 48.3 Å². The Hall–Kier alpha value is -3.35. The van der Waals surface area contributed by atoms with Crippen LogP contribution in [0.5, 0.6) is 0 Å². The largest absolute Gasteiger partial charge is 0.420 e. The molecule has 2 atom stereocenters. The molecule has 1 aromatic heterocycles. The average Bonchev–Trinajstić information content (AvgIpc) is 3.31. The van der Waals surface area contributed by atoms with Crippen molar-refractivity contribution in [2.24, 2.45) is 5.73 Å². The molecule has 4 rings (SSSR count). The molecule has 10 nitrogen and oxygen atoms in total. The molecule has 0 saturated heterocycles. The fourth-order valence-corrected chi connectivity index (χ4v) is 5.57. The number of nitrogens with zero attached hydrogens (tertiary/aromatic N) is 3. The predicted octanol–water partition coefficient (Wildman–Crippen LogP) is 2.98. The molecule has 13 heteroatoms. The van der Waals surface area contributed by atoms with Gasteiger partial charge >= 0.3 is 0 Å². The van der Waals surface area contributed by atoms with Gasteiger partial charge < -0.3 is 20.4 Å². The lowest BCUT2D eigenvalue weighted by molar-refractivity contribution is -0.127. The molecule has 0 unspecified atom stereocenters. The summed E-state index contributed by atoms with van der Waals surface area (Å²) in [4.78, 5) is 26.8. The van der Waals surface area contributed by atoms with Gasteiger partial charge in [0, 0.05) is 10.4 Å². The van der Waals surface area contributed by atoms with Crippen molar-refractivity contribution in [2.45, 2.75) is 56.6 Å². The number of fused-ring (bicyclic) bond motifs is 1. The number of aromatic nitrogens is 2. The van der Waals surface area contributed by atoms with Gasteiger partial charge in [-0.15, -0.1) is 10.2 Å². The van der Waals surface area contributed by atoms with Crippen molar-refractivity contribution >= 4 is 38.9 Å². The zero-order valence-corrected chi connectivity index (χ0v) is 22.7. The second-order valence-corrected chi connectivity index (χ2v) is 12.6. The smallest absolute Gasteiger partial charge is 0.250 e. The maximum Gasteiger partial charge on any atom is 0.250 e. The first-order valence-corrected chi connectivity index (χ1v) is 13.7. The van der Waals surface area contributed by atoms with E-state index >= 15 is 4.39 Å². The SMILES string of the molecule is C[C@H](N)C(=O)N[C@H]1CS(=O)(=O)c2cc(F)c(-c3nnc(C(C)(C)C)o3)cc2N(Cc2ccc(Cl)cc2)C1=O. The number of halogens is 2. The standard InChI is InChI=1S/C25H27ClFN5O5S/c1-13(28)21(33)29-18-12-38(35,36)20-10-17(27)16(22-30-31-24(37-22)25(2,3)4)9-19(20)32(23(18)34)11-14-5-7-15(26)8-6-14/h5-10,13,18H,11-12,28H2,1-4H3,(H,29,33)/t13-,18-/m0/s1. The third-order valence-electron chi connectivity index (χ3n) is 5.91. The van der Waals surface area contributed by atoms with E-state index in [1.54, 1.807) is 24.3 Å². The van der Waals surface area contributed by atoms with E-state index in [0.717, 1.165) is 6.07 Å². The van der Waals surface area contributed by atoms with Gasteiger partial charge in [0.2, 0.25) is 11.8 Å². The van der Waals surface area contributed by atoms with E-state index in [0.29, 0.717) is 10.6 Å². The zero-order valence-electron chi connectivity index (χ0n) is 21.2. The molecule has 0 fully saturated rings. The molecule has 0 radical (unpaired) electrons. The van der Waals surface area contributed by atoms with Gasteiger partial charge in [0.15, 0.2) is 9.84 Å². The molecule has 0 saturated carbocycles. The van der Waals surface area contributed by atoms with Crippen LogP contribution in [0, 0.1) is 5.82 Å². The monoisotopic (exact) mass is 563 g/mol. The summed E-state index contributed by atoms with van der Waals surface area (Å²) in [6, 6.07) is 6.17. The number of hydrogen-bond acceptors (Lipinski definition) is 8. The number of amides is 2. The molecule has 202 valence electrons. The quantitative estimate of drug-likeness (QED) is 0.481. The van der Waals surface area contributed by atoms with Crippen LogP contribution in [0.2, 0.25) is 5.02 Å². The van der Waals surface area contributed by atoms with Crippen LogP contribution in [0.25, 0.3) is 11.5 Å². The molecular weight excluding hydrogens is 537 g/mol. The second-order valence-electron chi connectivity index (χ2n) is 10.1. The van der Waals surface area contributed by atoms with Gasteiger partial charge in [-0.25, -0.2) is 12.8 Å². The van der Waals surface area contributed by atoms with E-state index in [-0.39, 0.29) is 29.6 Å². The van der Waals surface area contributed by atoms with Crippen LogP contribution < -0.4 is 16.0 Å². The van der Waals surface area contributed by atoms with Gasteiger partial charge in [-0.3, -0.25) is 9.59 Å². The molecule has 1 aliphatic heterocycles. The molecule has 38 heavy (non-hydrogen) atoms. The predicted molar refractivity (Wildman–Crippen MR) is 139 cm³/mol. The molecule has 0 bridgehead atoms. The summed E-state index contributed by atoms with van der Waals surface area (Å²) in [6.07, 6.45) is 0. The van der Waals surface area contributed by atoms with Crippen LogP contribution in [0.3, 0.4) is 0 Å². The van der Waals surface area contributed by atoms with Gasteiger partial charge in [-0.05, 0) is 36.8 Å². The number of sulfone groups is 1. The maximum atomic E-state index is 15.4.